The molecule has 5 nitrogen and oxygen atoms in total. The quantitative estimate of drug-likeness (QED) is 0.791. The number of hydrogen-bond donors (Lipinski definition) is 1. The van der Waals surface area contributed by atoms with Crippen LogP contribution in [0.2, 0.25) is 0 Å². The van der Waals surface area contributed by atoms with Crippen molar-refractivity contribution in [3.63, 3.8) is 0 Å². The third kappa shape index (κ3) is 3.80. The number of furan rings is 1. The molecule has 23 heavy (non-hydrogen) atoms. The van der Waals surface area contributed by atoms with Crippen LogP contribution in [0.1, 0.15) is 12.7 Å². The van der Waals surface area contributed by atoms with Gasteiger partial charge in [-0.05, 0) is 36.0 Å². The Hall–Kier alpha value is -2.12. The highest BCUT2D eigenvalue weighted by Gasteiger charge is 2.23. The highest BCUT2D eigenvalue weighted by atomic mass is 79.9. The fourth-order valence-corrected chi connectivity index (χ4v) is 3.05. The minimum atomic E-state index is -0.389. The molecule has 0 radical (unpaired) electrons. The molecule has 1 aliphatic rings. The molecule has 0 saturated carbocycles. The number of benzene rings is 1. The minimum Gasteiger partial charge on any atom is -0.457 e. The molecule has 0 unspecified atom stereocenters. The van der Waals surface area contributed by atoms with Crippen molar-refractivity contribution in [2.45, 2.75) is 6.92 Å². The second-order valence-electron chi connectivity index (χ2n) is 4.72. The fraction of sp³-hybridized carbons (Fsp3) is 0.0625. The van der Waals surface area contributed by atoms with Crippen LogP contribution in [0.25, 0.3) is 17.4 Å². The number of aliphatic imine (C=N–C) groups is 1. The molecule has 116 valence electrons. The van der Waals surface area contributed by atoms with Crippen LogP contribution in [0.4, 0.5) is 0 Å². The SMILES string of the molecule is CC(=O)NC1=NC(=O)/C(=C\c2ccc(-c3ccc(Br)cc3)o2)S1. The van der Waals surface area contributed by atoms with Gasteiger partial charge in [-0.2, -0.15) is 4.99 Å². The summed E-state index contributed by atoms with van der Waals surface area (Å²) in [4.78, 5) is 27.0. The van der Waals surface area contributed by atoms with Crippen LogP contribution < -0.4 is 5.32 Å². The van der Waals surface area contributed by atoms with E-state index in [4.69, 9.17) is 4.42 Å². The average molecular weight is 391 g/mol. The summed E-state index contributed by atoms with van der Waals surface area (Å²) in [5.41, 5.74) is 0.943. The zero-order valence-electron chi connectivity index (χ0n) is 12.0. The Morgan fingerprint density at radius 3 is 2.70 bits per heavy atom. The van der Waals surface area contributed by atoms with Crippen LogP contribution in [0, 0.1) is 0 Å². The van der Waals surface area contributed by atoms with Gasteiger partial charge in [0, 0.05) is 23.0 Å². The van der Waals surface area contributed by atoms with Gasteiger partial charge in [0.15, 0.2) is 5.17 Å². The van der Waals surface area contributed by atoms with E-state index < -0.39 is 0 Å². The van der Waals surface area contributed by atoms with Gasteiger partial charge in [0.05, 0.1) is 4.91 Å². The summed E-state index contributed by atoms with van der Waals surface area (Å²) >= 11 is 4.50. The van der Waals surface area contributed by atoms with Gasteiger partial charge in [0.2, 0.25) is 5.91 Å². The highest BCUT2D eigenvalue weighted by molar-refractivity contribution is 9.10. The van der Waals surface area contributed by atoms with Crippen LogP contribution in [-0.4, -0.2) is 17.0 Å². The van der Waals surface area contributed by atoms with Crippen LogP contribution in [0.3, 0.4) is 0 Å². The summed E-state index contributed by atoms with van der Waals surface area (Å²) in [6.45, 7) is 1.37. The molecule has 0 bridgehead atoms. The average Bonchev–Trinajstić information content (AvgIpc) is 3.07. The molecular weight excluding hydrogens is 380 g/mol. The van der Waals surface area contributed by atoms with E-state index in [1.807, 2.05) is 30.3 Å². The Kier molecular flexibility index (Phi) is 4.49. The number of halogens is 1. The van der Waals surface area contributed by atoms with Gasteiger partial charge in [-0.15, -0.1) is 0 Å². The van der Waals surface area contributed by atoms with E-state index in [1.165, 1.54) is 6.92 Å². The first-order valence-corrected chi connectivity index (χ1v) is 8.28. The first-order valence-electron chi connectivity index (χ1n) is 6.67. The van der Waals surface area contributed by atoms with Crippen molar-refractivity contribution in [2.24, 2.45) is 4.99 Å². The number of thioether (sulfide) groups is 1. The van der Waals surface area contributed by atoms with Gasteiger partial charge in [0.1, 0.15) is 11.5 Å². The van der Waals surface area contributed by atoms with E-state index in [0.717, 1.165) is 21.8 Å². The lowest BCUT2D eigenvalue weighted by atomic mass is 10.2. The van der Waals surface area contributed by atoms with Crippen LogP contribution in [0.15, 0.2) is 55.2 Å². The zero-order chi connectivity index (χ0) is 16.4. The summed E-state index contributed by atoms with van der Waals surface area (Å²) in [5, 5.41) is 2.79. The van der Waals surface area contributed by atoms with Gasteiger partial charge >= 0.3 is 0 Å². The number of amides is 2. The molecule has 0 spiro atoms. The Morgan fingerprint density at radius 2 is 2.00 bits per heavy atom. The molecule has 1 N–H and O–H groups in total. The largest absolute Gasteiger partial charge is 0.457 e. The van der Waals surface area contributed by atoms with Gasteiger partial charge in [-0.3, -0.25) is 9.59 Å². The Morgan fingerprint density at radius 1 is 1.26 bits per heavy atom. The number of nitrogens with zero attached hydrogens (tertiary/aromatic N) is 1. The van der Waals surface area contributed by atoms with E-state index in [-0.39, 0.29) is 17.0 Å². The second-order valence-corrected chi connectivity index (χ2v) is 6.67. The maximum Gasteiger partial charge on any atom is 0.286 e. The molecule has 1 aromatic heterocycles. The first-order chi connectivity index (χ1) is 11.0. The molecule has 3 rings (SSSR count). The molecule has 2 aromatic rings. The molecule has 7 heteroatoms. The van der Waals surface area contributed by atoms with Crippen LogP contribution in [-0.2, 0) is 9.59 Å². The first kappa shape index (κ1) is 15.8. The standard InChI is InChI=1S/C16H11BrN2O3S/c1-9(20)18-16-19-15(21)14(23-16)8-12-6-7-13(22-12)10-2-4-11(17)5-3-10/h2-8H,1H3,(H,18,19,20,21)/b14-8+. The van der Waals surface area contributed by atoms with E-state index >= 15 is 0 Å². The Bertz CT molecular complexity index is 837. The topological polar surface area (TPSA) is 71.7 Å². The summed E-state index contributed by atoms with van der Waals surface area (Å²) in [6, 6.07) is 11.4. The number of hydrogen-bond acceptors (Lipinski definition) is 4. The maximum absolute atomic E-state index is 11.8. The summed E-state index contributed by atoms with van der Waals surface area (Å²) in [6.07, 6.45) is 1.62. The number of carbonyl (C=O) groups excluding carboxylic acids is 2. The molecule has 2 amide bonds. The number of nitrogens with one attached hydrogen (secondary N) is 1. The number of carbonyl (C=O) groups is 2. The molecule has 0 saturated heterocycles. The van der Waals surface area contributed by atoms with Crippen LogP contribution in [0.5, 0.6) is 0 Å². The highest BCUT2D eigenvalue weighted by Crippen LogP contribution is 2.30. The monoisotopic (exact) mass is 390 g/mol. The third-order valence-corrected chi connectivity index (χ3v) is 4.36. The van der Waals surface area contributed by atoms with E-state index in [1.54, 1.807) is 12.1 Å². The van der Waals surface area contributed by atoms with Gasteiger partial charge in [-0.1, -0.05) is 28.1 Å². The van der Waals surface area contributed by atoms with Crippen molar-refractivity contribution in [2.75, 3.05) is 0 Å². The summed E-state index contributed by atoms with van der Waals surface area (Å²) < 4.78 is 6.73. The summed E-state index contributed by atoms with van der Waals surface area (Å²) in [5.74, 6) is 0.613. The third-order valence-electron chi connectivity index (χ3n) is 2.93. The van der Waals surface area contributed by atoms with Gasteiger partial charge in [0.25, 0.3) is 5.91 Å². The normalized spacial score (nSPS) is 15.8. The van der Waals surface area contributed by atoms with Crippen molar-refractivity contribution in [3.8, 4) is 11.3 Å². The lowest BCUT2D eigenvalue weighted by Crippen LogP contribution is -2.23. The van der Waals surface area contributed by atoms with Crippen molar-refractivity contribution in [3.05, 3.63) is 51.5 Å². The van der Waals surface area contributed by atoms with Crippen molar-refractivity contribution in [1.82, 2.24) is 5.32 Å². The predicted octanol–water partition coefficient (Wildman–Crippen LogP) is 3.82. The Balaban J connectivity index is 1.78. The second kappa shape index (κ2) is 6.55. The van der Waals surface area contributed by atoms with Crippen molar-refractivity contribution >= 4 is 50.7 Å². The maximum atomic E-state index is 11.8. The molecule has 1 aromatic carbocycles. The van der Waals surface area contributed by atoms with E-state index in [0.29, 0.717) is 16.4 Å². The molecular formula is C16H11BrN2O3S. The zero-order valence-corrected chi connectivity index (χ0v) is 14.4. The molecule has 0 fully saturated rings. The smallest absolute Gasteiger partial charge is 0.286 e. The summed E-state index contributed by atoms with van der Waals surface area (Å²) in [7, 11) is 0. The van der Waals surface area contributed by atoms with Gasteiger partial charge < -0.3 is 9.73 Å². The van der Waals surface area contributed by atoms with E-state index in [9.17, 15) is 9.59 Å². The lowest BCUT2D eigenvalue weighted by Gasteiger charge is -1.98. The minimum absolute atomic E-state index is 0.263. The van der Waals surface area contributed by atoms with Crippen molar-refractivity contribution < 1.29 is 14.0 Å². The molecule has 0 aliphatic carbocycles. The van der Waals surface area contributed by atoms with Crippen molar-refractivity contribution in [1.29, 1.82) is 0 Å². The lowest BCUT2D eigenvalue weighted by molar-refractivity contribution is -0.117. The van der Waals surface area contributed by atoms with Crippen LogP contribution >= 0.6 is 27.7 Å². The molecule has 1 aliphatic heterocycles. The molecule has 2 heterocycles. The Labute approximate surface area is 145 Å². The molecule has 0 atom stereocenters. The van der Waals surface area contributed by atoms with Gasteiger partial charge in [-0.25, -0.2) is 0 Å². The fourth-order valence-electron chi connectivity index (χ4n) is 1.94. The number of rotatable bonds is 2. The predicted molar refractivity (Wildman–Crippen MR) is 93.7 cm³/mol. The number of amidine groups is 1. The van der Waals surface area contributed by atoms with E-state index in [2.05, 4.69) is 26.2 Å².